The van der Waals surface area contributed by atoms with Gasteiger partial charge in [-0.3, -0.25) is 4.79 Å². The number of hydrogen-bond acceptors (Lipinski definition) is 5. The average molecular weight is 368 g/mol. The van der Waals surface area contributed by atoms with Gasteiger partial charge in [0.1, 0.15) is 0 Å². The Morgan fingerprint density at radius 2 is 1.65 bits per heavy atom. The van der Waals surface area contributed by atoms with Crippen LogP contribution < -0.4 is 10.5 Å². The molecule has 0 unspecified atom stereocenters. The number of hydrogen-bond donors (Lipinski definition) is 0. The van der Waals surface area contributed by atoms with E-state index in [1.165, 1.54) is 0 Å². The second-order valence-electron chi connectivity index (χ2n) is 6.29. The second-order valence-corrected chi connectivity index (χ2v) is 6.72. The molecule has 0 amide bonds. The van der Waals surface area contributed by atoms with Gasteiger partial charge >= 0.3 is 0 Å². The van der Waals surface area contributed by atoms with E-state index in [1.807, 2.05) is 30.3 Å². The normalized spacial score (nSPS) is 15.2. The Kier molecular flexibility index (Phi) is 4.67. The molecule has 0 atom stereocenters. The zero-order valence-electron chi connectivity index (χ0n) is 14.1. The number of benzene rings is 1. The number of aromatic nitrogens is 4. The molecule has 1 aromatic carbocycles. The maximum Gasteiger partial charge on any atom is 0.267 e. The molecule has 3 aromatic rings. The van der Waals surface area contributed by atoms with E-state index in [1.54, 1.807) is 29.2 Å². The van der Waals surface area contributed by atoms with Crippen molar-refractivity contribution in [3.8, 4) is 11.3 Å². The van der Waals surface area contributed by atoms with Gasteiger partial charge in [-0.05, 0) is 18.9 Å². The molecule has 0 N–H and O–H groups in total. The molecule has 4 rings (SSSR count). The van der Waals surface area contributed by atoms with Crippen molar-refractivity contribution in [2.24, 2.45) is 0 Å². The standard InChI is InChI=1S/C19H18ClN5O/c20-15-12-21-19(22-13-15)24-10-8-16(9-11-24)25-18(26)7-6-17(23-25)14-4-2-1-3-5-14/h1-7,12-13,16H,8-11H2. The van der Waals surface area contributed by atoms with Gasteiger partial charge in [-0.1, -0.05) is 41.9 Å². The molecule has 0 aliphatic carbocycles. The zero-order valence-corrected chi connectivity index (χ0v) is 14.9. The van der Waals surface area contributed by atoms with E-state index in [2.05, 4.69) is 20.0 Å². The summed E-state index contributed by atoms with van der Waals surface area (Å²) < 4.78 is 1.63. The lowest BCUT2D eigenvalue weighted by atomic mass is 10.1. The molecular formula is C19H18ClN5O. The first-order valence-corrected chi connectivity index (χ1v) is 8.96. The van der Waals surface area contributed by atoms with Crippen LogP contribution in [0.1, 0.15) is 18.9 Å². The van der Waals surface area contributed by atoms with Gasteiger partial charge in [-0.2, -0.15) is 5.10 Å². The highest BCUT2D eigenvalue weighted by Crippen LogP contribution is 2.24. The third-order valence-corrected chi connectivity index (χ3v) is 4.79. The Labute approximate surface area is 156 Å². The van der Waals surface area contributed by atoms with Crippen LogP contribution in [0.3, 0.4) is 0 Å². The van der Waals surface area contributed by atoms with Crippen LogP contribution in [0.4, 0.5) is 5.95 Å². The summed E-state index contributed by atoms with van der Waals surface area (Å²) in [6.07, 6.45) is 4.84. The van der Waals surface area contributed by atoms with Gasteiger partial charge in [0.15, 0.2) is 0 Å². The Morgan fingerprint density at radius 3 is 2.35 bits per heavy atom. The molecule has 26 heavy (non-hydrogen) atoms. The van der Waals surface area contributed by atoms with Crippen molar-refractivity contribution in [3.63, 3.8) is 0 Å². The lowest BCUT2D eigenvalue weighted by molar-refractivity contribution is 0.352. The summed E-state index contributed by atoms with van der Waals surface area (Å²) in [5.41, 5.74) is 1.76. The van der Waals surface area contributed by atoms with Crippen LogP contribution in [0.25, 0.3) is 11.3 Å². The molecule has 3 heterocycles. The fraction of sp³-hybridized carbons (Fsp3) is 0.263. The van der Waals surface area contributed by atoms with Crippen molar-refractivity contribution in [2.45, 2.75) is 18.9 Å². The lowest BCUT2D eigenvalue weighted by Gasteiger charge is -2.32. The Morgan fingerprint density at radius 1 is 0.962 bits per heavy atom. The van der Waals surface area contributed by atoms with Gasteiger partial charge in [0, 0.05) is 24.7 Å². The number of piperidine rings is 1. The van der Waals surface area contributed by atoms with Crippen LogP contribution in [-0.2, 0) is 0 Å². The van der Waals surface area contributed by atoms with Crippen LogP contribution in [0, 0.1) is 0 Å². The third-order valence-electron chi connectivity index (χ3n) is 4.59. The molecule has 132 valence electrons. The highest BCUT2D eigenvalue weighted by Gasteiger charge is 2.23. The Bertz CT molecular complexity index is 934. The summed E-state index contributed by atoms with van der Waals surface area (Å²) in [5, 5.41) is 5.14. The SMILES string of the molecule is O=c1ccc(-c2ccccc2)nn1C1CCN(c2ncc(Cl)cn2)CC1. The van der Waals surface area contributed by atoms with Crippen molar-refractivity contribution in [1.82, 2.24) is 19.7 Å². The first kappa shape index (κ1) is 16.7. The molecule has 0 spiro atoms. The van der Waals surface area contributed by atoms with Crippen molar-refractivity contribution < 1.29 is 0 Å². The van der Waals surface area contributed by atoms with Gasteiger partial charge in [0.05, 0.1) is 29.2 Å². The van der Waals surface area contributed by atoms with Gasteiger partial charge in [0.2, 0.25) is 5.95 Å². The van der Waals surface area contributed by atoms with Crippen molar-refractivity contribution in [2.75, 3.05) is 18.0 Å². The highest BCUT2D eigenvalue weighted by molar-refractivity contribution is 6.30. The van der Waals surface area contributed by atoms with Crippen LogP contribution in [0.2, 0.25) is 5.02 Å². The van der Waals surface area contributed by atoms with Gasteiger partial charge in [0.25, 0.3) is 5.56 Å². The molecule has 0 radical (unpaired) electrons. The predicted octanol–water partition coefficient (Wildman–Crippen LogP) is 3.20. The number of rotatable bonds is 3. The fourth-order valence-corrected chi connectivity index (χ4v) is 3.33. The van der Waals surface area contributed by atoms with E-state index in [-0.39, 0.29) is 11.6 Å². The number of anilines is 1. The van der Waals surface area contributed by atoms with E-state index in [0.717, 1.165) is 37.2 Å². The quantitative estimate of drug-likeness (QED) is 0.711. The minimum atomic E-state index is -0.0640. The predicted molar refractivity (Wildman–Crippen MR) is 101 cm³/mol. The third kappa shape index (κ3) is 3.46. The van der Waals surface area contributed by atoms with Crippen LogP contribution in [-0.4, -0.2) is 32.8 Å². The van der Waals surface area contributed by atoms with Gasteiger partial charge < -0.3 is 4.90 Å². The largest absolute Gasteiger partial charge is 0.341 e. The molecule has 1 fully saturated rings. The van der Waals surface area contributed by atoms with E-state index in [4.69, 9.17) is 11.6 Å². The monoisotopic (exact) mass is 367 g/mol. The Hall–Kier alpha value is -2.73. The minimum absolute atomic E-state index is 0.0640. The zero-order chi connectivity index (χ0) is 17.9. The first-order valence-electron chi connectivity index (χ1n) is 8.58. The molecule has 0 saturated carbocycles. The first-order chi connectivity index (χ1) is 12.7. The highest BCUT2D eigenvalue weighted by atomic mass is 35.5. The molecule has 0 bridgehead atoms. The van der Waals surface area contributed by atoms with Crippen LogP contribution >= 0.6 is 11.6 Å². The fourth-order valence-electron chi connectivity index (χ4n) is 3.23. The van der Waals surface area contributed by atoms with Crippen molar-refractivity contribution in [3.05, 3.63) is 70.2 Å². The van der Waals surface area contributed by atoms with E-state index in [0.29, 0.717) is 11.0 Å². The van der Waals surface area contributed by atoms with E-state index in [9.17, 15) is 4.79 Å². The molecule has 1 aliphatic rings. The number of nitrogens with zero attached hydrogens (tertiary/aromatic N) is 5. The van der Waals surface area contributed by atoms with E-state index >= 15 is 0 Å². The summed E-state index contributed by atoms with van der Waals surface area (Å²) >= 11 is 5.85. The second kappa shape index (κ2) is 7.25. The molecule has 2 aromatic heterocycles. The maximum absolute atomic E-state index is 12.3. The van der Waals surface area contributed by atoms with Gasteiger partial charge in [-0.25, -0.2) is 14.6 Å². The van der Waals surface area contributed by atoms with Crippen LogP contribution in [0.15, 0.2) is 59.7 Å². The van der Waals surface area contributed by atoms with Gasteiger partial charge in [-0.15, -0.1) is 0 Å². The Balaban J connectivity index is 1.52. The lowest BCUT2D eigenvalue weighted by Crippen LogP contribution is -2.39. The molecule has 7 heteroatoms. The maximum atomic E-state index is 12.3. The molecule has 6 nitrogen and oxygen atoms in total. The summed E-state index contributed by atoms with van der Waals surface area (Å²) in [6, 6.07) is 13.4. The molecule has 1 saturated heterocycles. The van der Waals surface area contributed by atoms with Crippen molar-refractivity contribution in [1.29, 1.82) is 0 Å². The topological polar surface area (TPSA) is 63.9 Å². The average Bonchev–Trinajstić information content (AvgIpc) is 2.70. The molecule has 1 aliphatic heterocycles. The smallest absolute Gasteiger partial charge is 0.267 e. The summed E-state index contributed by atoms with van der Waals surface area (Å²) in [4.78, 5) is 23.0. The minimum Gasteiger partial charge on any atom is -0.341 e. The molecular weight excluding hydrogens is 350 g/mol. The van der Waals surface area contributed by atoms with Crippen molar-refractivity contribution >= 4 is 17.5 Å². The summed E-state index contributed by atoms with van der Waals surface area (Å²) in [6.45, 7) is 1.55. The summed E-state index contributed by atoms with van der Waals surface area (Å²) in [5.74, 6) is 0.672. The van der Waals surface area contributed by atoms with E-state index < -0.39 is 0 Å². The van der Waals surface area contributed by atoms with Crippen LogP contribution in [0.5, 0.6) is 0 Å². The summed E-state index contributed by atoms with van der Waals surface area (Å²) in [7, 11) is 0. The number of halogens is 1.